The maximum absolute atomic E-state index is 14.2. The smallest absolute Gasteiger partial charge is 0.264 e. The number of nitrogens with two attached hydrogens (primary N) is 1. The summed E-state index contributed by atoms with van der Waals surface area (Å²) in [4.78, 5) is 21.7. The lowest BCUT2D eigenvalue weighted by atomic mass is 9.93. The molecule has 1 fully saturated rings. The molecule has 1 aliphatic carbocycles. The molecule has 1 aliphatic rings. The third-order valence-corrected chi connectivity index (χ3v) is 8.52. The molecule has 5 rings (SSSR count). The zero-order valence-corrected chi connectivity index (χ0v) is 23.8. The molecule has 200 valence electrons. The van der Waals surface area contributed by atoms with Gasteiger partial charge in [0.15, 0.2) is 0 Å². The number of fused-ring (bicyclic) bond motifs is 1. The number of carbonyl (C=O) groups is 1. The standard InChI is InChI=1S/C31H34N2O2S.CH5N/c1-4-35-28-17-16-23(24-15-14-21(2)32-19-24)18-25(28)20-33(26-10-6-5-7-11-26)31(34)30-22(3)27-12-8-9-13-29(27)36-30;1-2/h8-9,12-19,26H,4-7,10-11,20H2,1-3H3;2H2,1H3. The molecule has 0 spiro atoms. The number of ether oxygens (including phenoxy) is 1. The maximum atomic E-state index is 14.2. The Bertz CT molecular complexity index is 1360. The van der Waals surface area contributed by atoms with Crippen LogP contribution in [0.5, 0.6) is 5.75 Å². The summed E-state index contributed by atoms with van der Waals surface area (Å²) in [6.07, 6.45) is 7.63. The molecule has 0 saturated heterocycles. The van der Waals surface area contributed by atoms with E-state index in [4.69, 9.17) is 4.74 Å². The van der Waals surface area contributed by atoms with Crippen LogP contribution in [-0.4, -0.2) is 35.5 Å². The first kappa shape index (κ1) is 27.8. The molecule has 2 aromatic heterocycles. The van der Waals surface area contributed by atoms with Crippen LogP contribution < -0.4 is 10.5 Å². The van der Waals surface area contributed by atoms with Gasteiger partial charge in [-0.15, -0.1) is 11.3 Å². The first-order valence-electron chi connectivity index (χ1n) is 13.6. The largest absolute Gasteiger partial charge is 0.494 e. The fourth-order valence-corrected chi connectivity index (χ4v) is 6.43. The SMILES string of the molecule is CCOc1ccc(-c2ccc(C)nc2)cc1CN(C(=O)c1sc2ccccc2c1C)C1CCCCC1.CN. The number of nitrogens with zero attached hydrogens (tertiary/aromatic N) is 2. The van der Waals surface area contributed by atoms with Crippen LogP contribution >= 0.6 is 11.3 Å². The van der Waals surface area contributed by atoms with Crippen LogP contribution in [-0.2, 0) is 6.54 Å². The van der Waals surface area contributed by atoms with Crippen LogP contribution in [0.2, 0.25) is 0 Å². The molecule has 6 heteroatoms. The van der Waals surface area contributed by atoms with Gasteiger partial charge >= 0.3 is 0 Å². The molecule has 4 aromatic rings. The van der Waals surface area contributed by atoms with Crippen molar-refractivity contribution in [3.05, 3.63) is 82.5 Å². The fourth-order valence-electron chi connectivity index (χ4n) is 5.27. The first-order valence-corrected chi connectivity index (χ1v) is 14.4. The number of thiophene rings is 1. The first-order chi connectivity index (χ1) is 18.5. The maximum Gasteiger partial charge on any atom is 0.264 e. The highest BCUT2D eigenvalue weighted by atomic mass is 32.1. The van der Waals surface area contributed by atoms with Crippen LogP contribution in [0, 0.1) is 13.8 Å². The van der Waals surface area contributed by atoms with Crippen molar-refractivity contribution in [3.8, 4) is 16.9 Å². The molecule has 5 nitrogen and oxygen atoms in total. The van der Waals surface area contributed by atoms with Gasteiger partial charge < -0.3 is 15.4 Å². The van der Waals surface area contributed by atoms with Gasteiger partial charge in [-0.25, -0.2) is 0 Å². The Morgan fingerprint density at radius 3 is 2.45 bits per heavy atom. The van der Waals surface area contributed by atoms with E-state index >= 15 is 0 Å². The Morgan fingerprint density at radius 2 is 1.76 bits per heavy atom. The van der Waals surface area contributed by atoms with E-state index in [9.17, 15) is 4.79 Å². The number of aromatic nitrogens is 1. The Hall–Kier alpha value is -3.22. The van der Waals surface area contributed by atoms with Gasteiger partial charge in [-0.05, 0) is 81.4 Å². The Balaban J connectivity index is 0.00000164. The molecular formula is C32H39N3O2S. The van der Waals surface area contributed by atoms with Crippen molar-refractivity contribution in [2.24, 2.45) is 5.73 Å². The molecule has 2 aromatic carbocycles. The van der Waals surface area contributed by atoms with Crippen LogP contribution in [0.1, 0.15) is 65.5 Å². The number of amides is 1. The summed E-state index contributed by atoms with van der Waals surface area (Å²) in [5, 5.41) is 1.18. The van der Waals surface area contributed by atoms with E-state index in [2.05, 4.69) is 58.9 Å². The molecule has 38 heavy (non-hydrogen) atoms. The quantitative estimate of drug-likeness (QED) is 0.269. The van der Waals surface area contributed by atoms with Crippen molar-refractivity contribution < 1.29 is 9.53 Å². The molecule has 1 amide bonds. The van der Waals surface area contributed by atoms with Crippen molar-refractivity contribution in [2.75, 3.05) is 13.7 Å². The summed E-state index contributed by atoms with van der Waals surface area (Å²) in [5.41, 5.74) is 9.80. The molecule has 0 aliphatic heterocycles. The fraction of sp³-hybridized carbons (Fsp3) is 0.375. The minimum Gasteiger partial charge on any atom is -0.494 e. The average molecular weight is 530 g/mol. The molecule has 0 radical (unpaired) electrons. The van der Waals surface area contributed by atoms with Gasteiger partial charge in [0.05, 0.1) is 11.5 Å². The highest BCUT2D eigenvalue weighted by Crippen LogP contribution is 2.35. The molecule has 1 saturated carbocycles. The minimum atomic E-state index is 0.144. The molecule has 0 unspecified atom stereocenters. The van der Waals surface area contributed by atoms with E-state index in [1.54, 1.807) is 11.3 Å². The van der Waals surface area contributed by atoms with Crippen LogP contribution in [0.25, 0.3) is 21.2 Å². The van der Waals surface area contributed by atoms with Crippen molar-refractivity contribution in [3.63, 3.8) is 0 Å². The Labute approximate surface area is 230 Å². The highest BCUT2D eigenvalue weighted by Gasteiger charge is 2.30. The van der Waals surface area contributed by atoms with Crippen molar-refractivity contribution in [1.29, 1.82) is 0 Å². The van der Waals surface area contributed by atoms with E-state index in [0.717, 1.165) is 51.4 Å². The lowest BCUT2D eigenvalue weighted by Crippen LogP contribution is -2.41. The van der Waals surface area contributed by atoms with Gasteiger partial charge in [0, 0.05) is 40.3 Å². The summed E-state index contributed by atoms with van der Waals surface area (Å²) >= 11 is 1.62. The van der Waals surface area contributed by atoms with Gasteiger partial charge in [0.25, 0.3) is 5.91 Å². The number of pyridine rings is 1. The number of hydrogen-bond acceptors (Lipinski definition) is 5. The van der Waals surface area contributed by atoms with E-state index in [0.29, 0.717) is 13.2 Å². The van der Waals surface area contributed by atoms with E-state index in [1.165, 1.54) is 36.4 Å². The van der Waals surface area contributed by atoms with Gasteiger partial charge in [-0.3, -0.25) is 9.78 Å². The van der Waals surface area contributed by atoms with Crippen molar-refractivity contribution in [1.82, 2.24) is 9.88 Å². The molecule has 2 N–H and O–H groups in total. The predicted molar refractivity (Wildman–Crippen MR) is 159 cm³/mol. The summed E-state index contributed by atoms with van der Waals surface area (Å²) in [5.74, 6) is 0.994. The second-order valence-corrected chi connectivity index (χ2v) is 10.8. The Morgan fingerprint density at radius 1 is 1.03 bits per heavy atom. The summed E-state index contributed by atoms with van der Waals surface area (Å²) in [7, 11) is 1.50. The number of benzene rings is 2. The lowest BCUT2D eigenvalue weighted by Gasteiger charge is -2.35. The third kappa shape index (κ3) is 6.08. The molecule has 0 atom stereocenters. The van der Waals surface area contributed by atoms with Crippen molar-refractivity contribution >= 4 is 27.3 Å². The lowest BCUT2D eigenvalue weighted by molar-refractivity contribution is 0.0616. The number of carbonyl (C=O) groups excluding carboxylic acids is 1. The zero-order valence-electron chi connectivity index (χ0n) is 23.0. The van der Waals surface area contributed by atoms with E-state index in [1.807, 2.05) is 38.2 Å². The number of aryl methyl sites for hydroxylation is 2. The van der Waals surface area contributed by atoms with Crippen LogP contribution in [0.3, 0.4) is 0 Å². The summed E-state index contributed by atoms with van der Waals surface area (Å²) in [6, 6.07) is 19.0. The van der Waals surface area contributed by atoms with Crippen LogP contribution in [0.15, 0.2) is 60.8 Å². The van der Waals surface area contributed by atoms with Gasteiger partial charge in [0.1, 0.15) is 5.75 Å². The second-order valence-electron chi connectivity index (χ2n) is 9.72. The molecule has 0 bridgehead atoms. The number of rotatable bonds is 7. The second kappa shape index (κ2) is 13.0. The normalized spacial score (nSPS) is 13.6. The van der Waals surface area contributed by atoms with Gasteiger partial charge in [-0.2, -0.15) is 0 Å². The average Bonchev–Trinajstić information content (AvgIpc) is 3.30. The minimum absolute atomic E-state index is 0.144. The van der Waals surface area contributed by atoms with E-state index in [-0.39, 0.29) is 11.9 Å². The van der Waals surface area contributed by atoms with Gasteiger partial charge in [-0.1, -0.05) is 49.6 Å². The third-order valence-electron chi connectivity index (χ3n) is 7.26. The predicted octanol–water partition coefficient (Wildman–Crippen LogP) is 7.53. The van der Waals surface area contributed by atoms with Gasteiger partial charge in [0.2, 0.25) is 0 Å². The summed E-state index contributed by atoms with van der Waals surface area (Å²) < 4.78 is 7.21. The van der Waals surface area contributed by atoms with Crippen LogP contribution in [0.4, 0.5) is 0 Å². The molecule has 2 heterocycles. The summed E-state index contributed by atoms with van der Waals surface area (Å²) in [6.45, 7) is 7.22. The van der Waals surface area contributed by atoms with Crippen molar-refractivity contribution in [2.45, 2.75) is 65.5 Å². The highest BCUT2D eigenvalue weighted by molar-refractivity contribution is 7.21. The molecular weight excluding hydrogens is 490 g/mol. The monoisotopic (exact) mass is 529 g/mol. The zero-order chi connectivity index (χ0) is 27.1. The van der Waals surface area contributed by atoms with E-state index < -0.39 is 0 Å². The Kier molecular flexibility index (Phi) is 9.53. The topological polar surface area (TPSA) is 68.5 Å². The number of hydrogen-bond donors (Lipinski definition) is 1.